The summed E-state index contributed by atoms with van der Waals surface area (Å²) in [5, 5.41) is 22.3. The molecule has 0 bridgehead atoms. The molecule has 0 spiro atoms. The van der Waals surface area contributed by atoms with E-state index in [0.717, 1.165) is 9.75 Å². The van der Waals surface area contributed by atoms with Crippen molar-refractivity contribution in [2.45, 2.75) is 0 Å². The molecule has 0 atom stereocenters. The lowest BCUT2D eigenvalue weighted by atomic mass is 10.1. The number of rotatable bonds is 4. The summed E-state index contributed by atoms with van der Waals surface area (Å²) in [6.45, 7) is 0. The maximum absolute atomic E-state index is 9.15. The van der Waals surface area contributed by atoms with Crippen molar-refractivity contribution in [1.82, 2.24) is 0 Å². The molecule has 0 radical (unpaired) electrons. The van der Waals surface area contributed by atoms with Gasteiger partial charge in [-0.05, 0) is 59.3 Å². The van der Waals surface area contributed by atoms with Crippen molar-refractivity contribution in [3.63, 3.8) is 0 Å². The van der Waals surface area contributed by atoms with Crippen molar-refractivity contribution >= 4 is 34.8 Å². The Morgan fingerprint density at radius 3 is 1.76 bits per heavy atom. The van der Waals surface area contributed by atoms with E-state index < -0.39 is 0 Å². The van der Waals surface area contributed by atoms with Gasteiger partial charge in [-0.3, -0.25) is 0 Å². The Bertz CT molecular complexity index is 895. The maximum atomic E-state index is 9.15. The Morgan fingerprint density at radius 1 is 0.840 bits per heavy atom. The molecule has 25 heavy (non-hydrogen) atoms. The van der Waals surface area contributed by atoms with E-state index in [4.69, 9.17) is 15.3 Å². The minimum Gasteiger partial charge on any atom is -0.457 e. The standard InChI is InChI=1S/C20H12N2OS2/c21-13-16(14-22)15-11-17(5-7-19-3-1-9-24-19)23-18(12-15)6-8-20-4-2-10-25-20/h1-12H/b7-5+,8-6+. The number of ether oxygens (including phenoxy) is 1. The molecule has 0 aliphatic carbocycles. The third kappa shape index (κ3) is 4.45. The van der Waals surface area contributed by atoms with Crippen molar-refractivity contribution in [2.24, 2.45) is 0 Å². The summed E-state index contributed by atoms with van der Waals surface area (Å²) in [6.07, 6.45) is 11.0. The maximum Gasteiger partial charge on any atom is 0.137 e. The molecule has 3 rings (SSSR count). The second kappa shape index (κ2) is 8.12. The Hall–Kier alpha value is -3.12. The molecule has 0 unspecified atom stereocenters. The molecule has 2 aromatic heterocycles. The van der Waals surface area contributed by atoms with Gasteiger partial charge >= 0.3 is 0 Å². The Kier molecular flexibility index (Phi) is 5.43. The molecule has 5 heteroatoms. The van der Waals surface area contributed by atoms with Gasteiger partial charge in [0.25, 0.3) is 0 Å². The van der Waals surface area contributed by atoms with Crippen molar-refractivity contribution in [3.8, 4) is 12.1 Å². The van der Waals surface area contributed by atoms with Crippen molar-refractivity contribution in [1.29, 1.82) is 10.5 Å². The van der Waals surface area contributed by atoms with Gasteiger partial charge in [0.2, 0.25) is 0 Å². The molecule has 0 saturated heterocycles. The van der Waals surface area contributed by atoms with Crippen LogP contribution in [0.2, 0.25) is 0 Å². The quantitative estimate of drug-likeness (QED) is 0.659. The van der Waals surface area contributed by atoms with Crippen LogP contribution in [0.5, 0.6) is 0 Å². The largest absolute Gasteiger partial charge is 0.457 e. The molecule has 0 saturated carbocycles. The third-order valence-electron chi connectivity index (χ3n) is 3.25. The first-order valence-corrected chi connectivity index (χ1v) is 9.13. The number of nitrogens with zero attached hydrogens (tertiary/aromatic N) is 2. The summed E-state index contributed by atoms with van der Waals surface area (Å²) in [5.41, 5.74) is 0.611. The van der Waals surface area contributed by atoms with E-state index >= 15 is 0 Å². The fourth-order valence-corrected chi connectivity index (χ4v) is 3.34. The van der Waals surface area contributed by atoms with Crippen LogP contribution in [0.3, 0.4) is 0 Å². The van der Waals surface area contributed by atoms with E-state index in [0.29, 0.717) is 17.1 Å². The summed E-state index contributed by atoms with van der Waals surface area (Å²) >= 11 is 3.25. The summed E-state index contributed by atoms with van der Waals surface area (Å²) in [4.78, 5) is 2.20. The van der Waals surface area contributed by atoms with Crippen LogP contribution in [0, 0.1) is 22.7 Å². The number of hydrogen-bond donors (Lipinski definition) is 0. The highest BCUT2D eigenvalue weighted by Crippen LogP contribution is 2.25. The molecule has 1 aliphatic heterocycles. The lowest BCUT2D eigenvalue weighted by Gasteiger charge is -2.13. The molecule has 3 heterocycles. The van der Waals surface area contributed by atoms with Gasteiger partial charge in [-0.15, -0.1) is 22.7 Å². The smallest absolute Gasteiger partial charge is 0.137 e. The van der Waals surface area contributed by atoms with Crippen LogP contribution < -0.4 is 0 Å². The molecule has 120 valence electrons. The summed E-state index contributed by atoms with van der Waals surface area (Å²) < 4.78 is 5.86. The third-order valence-corrected chi connectivity index (χ3v) is 4.93. The second-order valence-corrected chi connectivity index (χ2v) is 6.91. The van der Waals surface area contributed by atoms with E-state index in [2.05, 4.69) is 0 Å². The van der Waals surface area contributed by atoms with Gasteiger partial charge in [0, 0.05) is 15.3 Å². The molecular weight excluding hydrogens is 348 g/mol. The number of hydrogen-bond acceptors (Lipinski definition) is 5. The van der Waals surface area contributed by atoms with Crippen LogP contribution in [0.15, 0.2) is 82.0 Å². The number of thiophene rings is 2. The predicted molar refractivity (Wildman–Crippen MR) is 102 cm³/mol. The zero-order chi connectivity index (χ0) is 17.5. The topological polar surface area (TPSA) is 56.8 Å². The minimum atomic E-state index is 0.0624. The lowest BCUT2D eigenvalue weighted by molar-refractivity contribution is 0.332. The number of nitriles is 2. The molecule has 0 aromatic carbocycles. The average molecular weight is 360 g/mol. The molecule has 3 nitrogen and oxygen atoms in total. The van der Waals surface area contributed by atoms with Crippen LogP contribution in [-0.4, -0.2) is 0 Å². The number of allylic oxidation sites excluding steroid dienone is 6. The van der Waals surface area contributed by atoms with Gasteiger partial charge in [-0.25, -0.2) is 0 Å². The average Bonchev–Trinajstić information content (AvgIpc) is 3.33. The molecule has 1 aliphatic rings. The van der Waals surface area contributed by atoms with Gasteiger partial charge in [0.15, 0.2) is 0 Å². The first-order chi connectivity index (χ1) is 12.3. The SMILES string of the molecule is N#CC(C#N)=C1C=C(/C=C/c2cccs2)OC(/C=C/c2cccs2)=C1. The molecule has 0 amide bonds. The van der Waals surface area contributed by atoms with E-state index in [9.17, 15) is 0 Å². The zero-order valence-corrected chi connectivity index (χ0v) is 14.7. The van der Waals surface area contributed by atoms with E-state index in [-0.39, 0.29) is 5.57 Å². The van der Waals surface area contributed by atoms with Crippen LogP contribution in [0.25, 0.3) is 12.2 Å². The highest BCUT2D eigenvalue weighted by Gasteiger charge is 2.11. The second-order valence-electron chi connectivity index (χ2n) is 4.95. The summed E-state index contributed by atoms with van der Waals surface area (Å²) in [6, 6.07) is 11.8. The lowest BCUT2D eigenvalue weighted by Crippen LogP contribution is -1.98. The monoisotopic (exact) mass is 360 g/mol. The van der Waals surface area contributed by atoms with Gasteiger partial charge in [0.05, 0.1) is 0 Å². The van der Waals surface area contributed by atoms with Gasteiger partial charge in [-0.1, -0.05) is 12.1 Å². The highest BCUT2D eigenvalue weighted by molar-refractivity contribution is 7.11. The summed E-state index contributed by atoms with van der Waals surface area (Å²) in [5.74, 6) is 1.17. The van der Waals surface area contributed by atoms with Crippen molar-refractivity contribution in [2.75, 3.05) is 0 Å². The molecular formula is C20H12N2OS2. The fraction of sp³-hybridized carbons (Fsp3) is 0. The molecule has 0 fully saturated rings. The van der Waals surface area contributed by atoms with E-state index in [1.807, 2.05) is 71.5 Å². The Labute approximate surface area is 154 Å². The van der Waals surface area contributed by atoms with Gasteiger partial charge in [-0.2, -0.15) is 10.5 Å². The first-order valence-electron chi connectivity index (χ1n) is 7.37. The van der Waals surface area contributed by atoms with Gasteiger partial charge < -0.3 is 4.74 Å². The summed E-state index contributed by atoms with van der Waals surface area (Å²) in [7, 11) is 0. The van der Waals surface area contributed by atoms with Crippen molar-refractivity contribution < 1.29 is 4.74 Å². The first kappa shape index (κ1) is 16.7. The minimum absolute atomic E-state index is 0.0624. The van der Waals surface area contributed by atoms with E-state index in [1.54, 1.807) is 34.8 Å². The van der Waals surface area contributed by atoms with Crippen molar-refractivity contribution in [3.05, 3.63) is 91.7 Å². The Morgan fingerprint density at radius 2 is 1.36 bits per heavy atom. The Balaban J connectivity index is 1.91. The van der Waals surface area contributed by atoms with Gasteiger partial charge in [0.1, 0.15) is 29.2 Å². The van der Waals surface area contributed by atoms with E-state index in [1.165, 1.54) is 0 Å². The normalized spacial score (nSPS) is 13.9. The fourth-order valence-electron chi connectivity index (χ4n) is 2.11. The van der Waals surface area contributed by atoms with Crippen LogP contribution in [0.1, 0.15) is 9.75 Å². The predicted octanol–water partition coefficient (Wildman–Crippen LogP) is 5.68. The molecule has 0 N–H and O–H groups in total. The van der Waals surface area contributed by atoms with Crippen LogP contribution >= 0.6 is 22.7 Å². The zero-order valence-electron chi connectivity index (χ0n) is 13.0. The van der Waals surface area contributed by atoms with Crippen LogP contribution in [0.4, 0.5) is 0 Å². The van der Waals surface area contributed by atoms with Crippen LogP contribution in [-0.2, 0) is 4.74 Å². The molecule has 2 aromatic rings. The highest BCUT2D eigenvalue weighted by atomic mass is 32.1.